The Morgan fingerprint density at radius 1 is 0.368 bits per heavy atom. The van der Waals surface area contributed by atoms with E-state index in [2.05, 4.69) is 56.9 Å². The number of carbonyl (C=O) groups excluding carboxylic acids is 3. The SMILES string of the molecule is CCCCCCCCC(CCCCCCCC)C(=O)OCCCCCCCCN(CCCCCCCCOC(=O)C(CCCCCCCC)CCCCCCCC)CCC(=O)NCCCN(C)C. The first-order valence-electron chi connectivity index (χ1n) is 30.3. The van der Waals surface area contributed by atoms with Crippen LogP contribution >= 0.6 is 0 Å². The molecule has 0 aliphatic heterocycles. The van der Waals surface area contributed by atoms with E-state index in [1.165, 1.54) is 167 Å². The predicted molar refractivity (Wildman–Crippen MR) is 294 cm³/mol. The van der Waals surface area contributed by atoms with Gasteiger partial charge in [-0.05, 0) is 91.5 Å². The van der Waals surface area contributed by atoms with E-state index < -0.39 is 0 Å². The van der Waals surface area contributed by atoms with Crippen LogP contribution in [0.4, 0.5) is 0 Å². The maximum absolute atomic E-state index is 13.1. The lowest BCUT2D eigenvalue weighted by Gasteiger charge is -2.22. The molecule has 0 aromatic heterocycles. The van der Waals surface area contributed by atoms with Crippen molar-refractivity contribution < 1.29 is 23.9 Å². The van der Waals surface area contributed by atoms with Gasteiger partial charge in [-0.1, -0.05) is 233 Å². The number of nitrogens with one attached hydrogen (secondary N) is 1. The molecule has 0 saturated carbocycles. The second-order valence-corrected chi connectivity index (χ2v) is 21.3. The summed E-state index contributed by atoms with van der Waals surface area (Å²) < 4.78 is 11.8. The summed E-state index contributed by atoms with van der Waals surface area (Å²) in [4.78, 5) is 43.7. The van der Waals surface area contributed by atoms with Gasteiger partial charge in [-0.15, -0.1) is 0 Å². The van der Waals surface area contributed by atoms with Gasteiger partial charge >= 0.3 is 11.9 Å². The maximum atomic E-state index is 13.1. The van der Waals surface area contributed by atoms with Gasteiger partial charge in [0.15, 0.2) is 0 Å². The summed E-state index contributed by atoms with van der Waals surface area (Å²) in [6.07, 6.45) is 49.6. The number of unbranched alkanes of at least 4 members (excludes halogenated alkanes) is 30. The molecule has 0 aliphatic rings. The minimum Gasteiger partial charge on any atom is -0.465 e. The third-order valence-corrected chi connectivity index (χ3v) is 14.3. The Morgan fingerprint density at radius 3 is 1.01 bits per heavy atom. The molecule has 0 bridgehead atoms. The van der Waals surface area contributed by atoms with E-state index in [0.29, 0.717) is 19.6 Å². The van der Waals surface area contributed by atoms with Crippen molar-refractivity contribution in [1.82, 2.24) is 15.1 Å². The van der Waals surface area contributed by atoms with Crippen LogP contribution < -0.4 is 5.32 Å². The van der Waals surface area contributed by atoms with Gasteiger partial charge in [0.2, 0.25) is 5.91 Å². The van der Waals surface area contributed by atoms with Crippen molar-refractivity contribution in [3.63, 3.8) is 0 Å². The van der Waals surface area contributed by atoms with Gasteiger partial charge < -0.3 is 24.6 Å². The minimum atomic E-state index is 0.0631. The second-order valence-electron chi connectivity index (χ2n) is 21.3. The lowest BCUT2D eigenvalue weighted by molar-refractivity contribution is -0.150. The Morgan fingerprint density at radius 2 is 0.676 bits per heavy atom. The molecule has 0 radical (unpaired) electrons. The highest BCUT2D eigenvalue weighted by atomic mass is 16.5. The van der Waals surface area contributed by atoms with Crippen LogP contribution in [-0.4, -0.2) is 87.7 Å². The van der Waals surface area contributed by atoms with Crippen LogP contribution in [0.5, 0.6) is 0 Å². The van der Waals surface area contributed by atoms with Crippen molar-refractivity contribution >= 4 is 17.8 Å². The third-order valence-electron chi connectivity index (χ3n) is 14.3. The molecule has 0 atom stereocenters. The molecule has 0 heterocycles. The molecule has 1 N–H and O–H groups in total. The average Bonchev–Trinajstić information content (AvgIpc) is 3.33. The summed E-state index contributed by atoms with van der Waals surface area (Å²) in [5.41, 5.74) is 0. The molecule has 0 unspecified atom stereocenters. The molecular weight excluding hydrogens is 843 g/mol. The van der Waals surface area contributed by atoms with E-state index in [0.717, 1.165) is 129 Å². The molecule has 8 nitrogen and oxygen atoms in total. The van der Waals surface area contributed by atoms with Gasteiger partial charge in [0, 0.05) is 19.5 Å². The van der Waals surface area contributed by atoms with Gasteiger partial charge in [0.25, 0.3) is 0 Å². The van der Waals surface area contributed by atoms with Crippen molar-refractivity contribution in [2.24, 2.45) is 11.8 Å². The van der Waals surface area contributed by atoms with Gasteiger partial charge in [0.05, 0.1) is 25.0 Å². The predicted octanol–water partition coefficient (Wildman–Crippen LogP) is 16.7. The summed E-state index contributed by atoms with van der Waals surface area (Å²) in [6.45, 7) is 14.9. The second kappa shape index (κ2) is 53.1. The van der Waals surface area contributed by atoms with E-state index in [4.69, 9.17) is 9.47 Å². The van der Waals surface area contributed by atoms with Gasteiger partial charge in [-0.3, -0.25) is 14.4 Å². The summed E-state index contributed by atoms with van der Waals surface area (Å²) >= 11 is 0. The number of carbonyl (C=O) groups is 3. The average molecular weight is 963 g/mol. The molecule has 0 spiro atoms. The quantitative estimate of drug-likeness (QED) is 0.0480. The number of hydrogen-bond acceptors (Lipinski definition) is 7. The van der Waals surface area contributed by atoms with Gasteiger partial charge in [-0.25, -0.2) is 0 Å². The number of amides is 1. The number of esters is 2. The van der Waals surface area contributed by atoms with E-state index in [1.807, 2.05) is 0 Å². The highest BCUT2D eigenvalue weighted by molar-refractivity contribution is 5.76. The summed E-state index contributed by atoms with van der Waals surface area (Å²) in [6, 6.07) is 0. The maximum Gasteiger partial charge on any atom is 0.308 e. The summed E-state index contributed by atoms with van der Waals surface area (Å²) in [5.74, 6) is 0.470. The van der Waals surface area contributed by atoms with Crippen LogP contribution in [0.1, 0.15) is 297 Å². The van der Waals surface area contributed by atoms with Crippen LogP contribution in [0.2, 0.25) is 0 Å². The highest BCUT2D eigenvalue weighted by Gasteiger charge is 2.21. The van der Waals surface area contributed by atoms with Crippen LogP contribution in [0.25, 0.3) is 0 Å². The third kappa shape index (κ3) is 46.7. The molecule has 0 fully saturated rings. The Labute approximate surface area is 424 Å². The number of rotatable bonds is 55. The first kappa shape index (κ1) is 66.3. The number of nitrogens with zero attached hydrogens (tertiary/aromatic N) is 2. The topological polar surface area (TPSA) is 88.2 Å². The fourth-order valence-corrected chi connectivity index (χ4v) is 9.62. The number of ether oxygens (including phenoxy) is 2. The van der Waals surface area contributed by atoms with Crippen molar-refractivity contribution in [1.29, 1.82) is 0 Å². The zero-order chi connectivity index (χ0) is 49.8. The zero-order valence-corrected chi connectivity index (χ0v) is 46.7. The lowest BCUT2D eigenvalue weighted by atomic mass is 9.94. The molecule has 0 aromatic rings. The van der Waals surface area contributed by atoms with E-state index in [9.17, 15) is 14.4 Å². The van der Waals surface area contributed by atoms with E-state index in [-0.39, 0.29) is 29.7 Å². The summed E-state index contributed by atoms with van der Waals surface area (Å²) in [5, 5.41) is 3.13. The fourth-order valence-electron chi connectivity index (χ4n) is 9.62. The van der Waals surface area contributed by atoms with Crippen LogP contribution in [-0.2, 0) is 23.9 Å². The molecule has 404 valence electrons. The monoisotopic (exact) mass is 962 g/mol. The van der Waals surface area contributed by atoms with Crippen LogP contribution in [0, 0.1) is 11.8 Å². The van der Waals surface area contributed by atoms with Gasteiger partial charge in [-0.2, -0.15) is 0 Å². The van der Waals surface area contributed by atoms with Crippen LogP contribution in [0.3, 0.4) is 0 Å². The molecule has 0 saturated heterocycles. The lowest BCUT2D eigenvalue weighted by Crippen LogP contribution is -2.33. The van der Waals surface area contributed by atoms with Crippen molar-refractivity contribution in [3.8, 4) is 0 Å². The molecule has 68 heavy (non-hydrogen) atoms. The molecular formula is C60H119N3O5. The smallest absolute Gasteiger partial charge is 0.308 e. The van der Waals surface area contributed by atoms with Crippen LogP contribution in [0.15, 0.2) is 0 Å². The molecule has 0 rings (SSSR count). The fraction of sp³-hybridized carbons (Fsp3) is 0.950. The minimum absolute atomic E-state index is 0.0631. The molecule has 8 heteroatoms. The Hall–Kier alpha value is -1.67. The van der Waals surface area contributed by atoms with E-state index in [1.54, 1.807) is 0 Å². The first-order chi connectivity index (χ1) is 33.3. The Balaban J connectivity index is 4.62. The van der Waals surface area contributed by atoms with Crippen molar-refractivity contribution in [2.45, 2.75) is 297 Å². The Bertz CT molecular complexity index is 974. The highest BCUT2D eigenvalue weighted by Crippen LogP contribution is 2.23. The largest absolute Gasteiger partial charge is 0.465 e. The number of hydrogen-bond donors (Lipinski definition) is 1. The molecule has 0 aliphatic carbocycles. The van der Waals surface area contributed by atoms with Crippen molar-refractivity contribution in [2.75, 3.05) is 60.0 Å². The normalized spacial score (nSPS) is 11.7. The van der Waals surface area contributed by atoms with Crippen molar-refractivity contribution in [3.05, 3.63) is 0 Å². The molecule has 0 aromatic carbocycles. The zero-order valence-electron chi connectivity index (χ0n) is 46.7. The standard InChI is InChI=1S/C60H119N3O5/c1-7-11-15-19-27-35-44-56(45-36-28-20-16-12-8-2)59(65)67-54-41-33-25-23-31-39-51-63(53-48-58(64)61-49-43-50-62(5)6)52-40-32-24-26-34-42-55-68-60(66)57(46-37-29-21-17-13-9-3)47-38-30-22-18-14-10-4/h56-57H,7-55H2,1-6H3,(H,61,64). The first-order valence-corrected chi connectivity index (χ1v) is 30.3. The summed E-state index contributed by atoms with van der Waals surface area (Å²) in [7, 11) is 4.15. The van der Waals surface area contributed by atoms with Gasteiger partial charge in [0.1, 0.15) is 0 Å². The van der Waals surface area contributed by atoms with E-state index >= 15 is 0 Å². The Kier molecular flexibility index (Phi) is 51.8. The molecule has 1 amide bonds.